The van der Waals surface area contributed by atoms with Crippen LogP contribution in [0.3, 0.4) is 0 Å². The first-order chi connectivity index (χ1) is 9.47. The van der Waals surface area contributed by atoms with Crippen molar-refractivity contribution in [3.8, 4) is 6.07 Å². The second-order valence-corrected chi connectivity index (χ2v) is 5.42. The topological polar surface area (TPSA) is 84.6 Å². The fourth-order valence-electron chi connectivity index (χ4n) is 2.58. The minimum absolute atomic E-state index is 0.00301. The highest BCUT2D eigenvalue weighted by Gasteiger charge is 2.32. The van der Waals surface area contributed by atoms with Crippen molar-refractivity contribution in [2.24, 2.45) is 0 Å². The van der Waals surface area contributed by atoms with Crippen molar-refractivity contribution < 1.29 is 14.7 Å². The van der Waals surface area contributed by atoms with Crippen LogP contribution in [0.2, 0.25) is 0 Å². The van der Waals surface area contributed by atoms with E-state index in [4.69, 9.17) is 10.4 Å². The van der Waals surface area contributed by atoms with Gasteiger partial charge >= 0.3 is 12.0 Å². The van der Waals surface area contributed by atoms with Gasteiger partial charge in [0, 0.05) is 25.2 Å². The predicted octanol–water partition coefficient (Wildman–Crippen LogP) is 2.06. The summed E-state index contributed by atoms with van der Waals surface area (Å²) in [6.45, 7) is 4.81. The lowest BCUT2D eigenvalue weighted by molar-refractivity contribution is -0.138. The normalized spacial score (nSPS) is 18.7. The third kappa shape index (κ3) is 4.41. The zero-order valence-corrected chi connectivity index (χ0v) is 12.2. The summed E-state index contributed by atoms with van der Waals surface area (Å²) in [6, 6.07) is 1.69. The number of carboxylic acids is 1. The summed E-state index contributed by atoms with van der Waals surface area (Å²) in [7, 11) is 0. The number of hydrogen-bond donors (Lipinski definition) is 1. The van der Waals surface area contributed by atoms with E-state index in [1.165, 1.54) is 0 Å². The largest absolute Gasteiger partial charge is 0.481 e. The van der Waals surface area contributed by atoms with Crippen LogP contribution in [0.5, 0.6) is 0 Å². The molecular weight excluding hydrogens is 258 g/mol. The van der Waals surface area contributed by atoms with Gasteiger partial charge in [0.2, 0.25) is 0 Å². The highest BCUT2D eigenvalue weighted by Crippen LogP contribution is 2.22. The van der Waals surface area contributed by atoms with Gasteiger partial charge in [0.15, 0.2) is 0 Å². The van der Waals surface area contributed by atoms with Crippen LogP contribution in [0.25, 0.3) is 0 Å². The van der Waals surface area contributed by atoms with Gasteiger partial charge in [0.1, 0.15) is 0 Å². The van der Waals surface area contributed by atoms with Crippen molar-refractivity contribution in [3.63, 3.8) is 0 Å². The van der Waals surface area contributed by atoms with Gasteiger partial charge in [-0.1, -0.05) is 0 Å². The molecule has 20 heavy (non-hydrogen) atoms. The quantitative estimate of drug-likeness (QED) is 0.836. The van der Waals surface area contributed by atoms with Crippen molar-refractivity contribution in [1.29, 1.82) is 5.26 Å². The fraction of sp³-hybridized carbons (Fsp3) is 0.786. The molecule has 0 aromatic rings. The zero-order valence-electron chi connectivity index (χ0n) is 12.2. The number of nitrogens with zero attached hydrogens (tertiary/aromatic N) is 3. The Bertz CT molecular complexity index is 390. The van der Waals surface area contributed by atoms with Gasteiger partial charge in [-0.2, -0.15) is 5.26 Å². The number of amides is 2. The number of piperidine rings is 1. The van der Waals surface area contributed by atoms with Crippen LogP contribution < -0.4 is 0 Å². The molecule has 6 heteroatoms. The Morgan fingerprint density at radius 2 is 2.15 bits per heavy atom. The maximum absolute atomic E-state index is 12.6. The summed E-state index contributed by atoms with van der Waals surface area (Å²) in [4.78, 5) is 26.8. The van der Waals surface area contributed by atoms with E-state index in [9.17, 15) is 9.59 Å². The van der Waals surface area contributed by atoms with E-state index in [-0.39, 0.29) is 24.5 Å². The molecule has 1 heterocycles. The number of nitriles is 1. The molecule has 0 aromatic heterocycles. The Labute approximate surface area is 120 Å². The predicted molar refractivity (Wildman–Crippen MR) is 74.1 cm³/mol. The van der Waals surface area contributed by atoms with Gasteiger partial charge in [-0.25, -0.2) is 4.79 Å². The van der Waals surface area contributed by atoms with Gasteiger partial charge in [0.05, 0.1) is 18.9 Å². The molecule has 0 aromatic carbocycles. The molecule has 0 aliphatic carbocycles. The molecular formula is C14H23N3O3. The third-order valence-electron chi connectivity index (χ3n) is 3.62. The number of likely N-dealkylation sites (tertiary alicyclic amines) is 1. The van der Waals surface area contributed by atoms with E-state index in [0.717, 1.165) is 19.3 Å². The molecule has 1 aliphatic rings. The lowest BCUT2D eigenvalue weighted by Gasteiger charge is -2.39. The highest BCUT2D eigenvalue weighted by molar-refractivity contribution is 5.76. The molecule has 6 nitrogen and oxygen atoms in total. The Morgan fingerprint density at radius 1 is 1.45 bits per heavy atom. The minimum atomic E-state index is -0.872. The van der Waals surface area contributed by atoms with Crippen molar-refractivity contribution >= 4 is 12.0 Å². The first kappa shape index (κ1) is 16.3. The average molecular weight is 281 g/mol. The number of urea groups is 1. The zero-order chi connectivity index (χ0) is 15.1. The van der Waals surface area contributed by atoms with Crippen molar-refractivity contribution in [3.05, 3.63) is 0 Å². The third-order valence-corrected chi connectivity index (χ3v) is 3.62. The first-order valence-corrected chi connectivity index (χ1v) is 7.13. The summed E-state index contributed by atoms with van der Waals surface area (Å²) in [5.74, 6) is -0.872. The number of aliphatic carboxylic acids is 1. The molecule has 1 aliphatic heterocycles. The number of hydrogen-bond acceptors (Lipinski definition) is 3. The number of carboxylic acid groups (broad SMARTS) is 1. The molecule has 0 radical (unpaired) electrons. The van der Waals surface area contributed by atoms with Crippen LogP contribution in [-0.4, -0.2) is 52.1 Å². The van der Waals surface area contributed by atoms with Gasteiger partial charge < -0.3 is 14.9 Å². The fourth-order valence-corrected chi connectivity index (χ4v) is 2.58. The molecule has 1 saturated heterocycles. The maximum Gasteiger partial charge on any atom is 0.320 e. The van der Waals surface area contributed by atoms with Crippen molar-refractivity contribution in [1.82, 2.24) is 9.80 Å². The minimum Gasteiger partial charge on any atom is -0.481 e. The molecule has 1 N–H and O–H groups in total. The SMILES string of the molecule is CC(C)N(CCC#N)C(=O)N1CCCCC1CC(=O)O. The number of carbonyl (C=O) groups excluding carboxylic acids is 1. The molecule has 2 amide bonds. The van der Waals surface area contributed by atoms with Gasteiger partial charge in [0.25, 0.3) is 0 Å². The van der Waals surface area contributed by atoms with Crippen LogP contribution in [0.1, 0.15) is 46.0 Å². The molecule has 1 rings (SSSR count). The monoisotopic (exact) mass is 281 g/mol. The lowest BCUT2D eigenvalue weighted by atomic mass is 9.99. The molecule has 1 unspecified atom stereocenters. The Hall–Kier alpha value is -1.77. The molecule has 0 bridgehead atoms. The second kappa shape index (κ2) is 7.73. The lowest BCUT2D eigenvalue weighted by Crippen LogP contribution is -2.53. The van der Waals surface area contributed by atoms with Crippen LogP contribution in [0.4, 0.5) is 4.79 Å². The van der Waals surface area contributed by atoms with Gasteiger partial charge in [-0.15, -0.1) is 0 Å². The Balaban J connectivity index is 2.78. The van der Waals surface area contributed by atoms with E-state index in [1.807, 2.05) is 19.9 Å². The van der Waals surface area contributed by atoms with E-state index in [2.05, 4.69) is 0 Å². The van der Waals surface area contributed by atoms with Crippen molar-refractivity contribution in [2.45, 2.75) is 58.0 Å². The first-order valence-electron chi connectivity index (χ1n) is 7.13. The summed E-state index contributed by atoms with van der Waals surface area (Å²) in [5.41, 5.74) is 0. The maximum atomic E-state index is 12.6. The van der Waals surface area contributed by atoms with E-state index < -0.39 is 5.97 Å². The molecule has 112 valence electrons. The summed E-state index contributed by atoms with van der Waals surface area (Å²) < 4.78 is 0. The molecule has 0 spiro atoms. The summed E-state index contributed by atoms with van der Waals surface area (Å²) >= 11 is 0. The average Bonchev–Trinajstić information content (AvgIpc) is 2.38. The second-order valence-electron chi connectivity index (χ2n) is 5.42. The summed E-state index contributed by atoms with van der Waals surface area (Å²) in [5, 5.41) is 17.6. The smallest absolute Gasteiger partial charge is 0.320 e. The summed E-state index contributed by atoms with van der Waals surface area (Å²) in [6.07, 6.45) is 2.90. The van der Waals surface area contributed by atoms with Gasteiger partial charge in [-0.05, 0) is 33.1 Å². The number of rotatable bonds is 5. The van der Waals surface area contributed by atoms with Gasteiger partial charge in [-0.3, -0.25) is 4.79 Å². The Morgan fingerprint density at radius 3 is 2.70 bits per heavy atom. The Kier molecular flexibility index (Phi) is 6.29. The van der Waals surface area contributed by atoms with E-state index >= 15 is 0 Å². The van der Waals surface area contributed by atoms with Crippen LogP contribution >= 0.6 is 0 Å². The number of carbonyl (C=O) groups is 2. The molecule has 0 saturated carbocycles. The van der Waals surface area contributed by atoms with Crippen LogP contribution in [0.15, 0.2) is 0 Å². The standard InChI is InChI=1S/C14H23N3O3/c1-11(2)16(9-5-7-15)14(20)17-8-4-3-6-12(17)10-13(18)19/h11-12H,3-6,8-10H2,1-2H3,(H,18,19). The molecule has 1 atom stereocenters. The van der Waals surface area contributed by atoms with E-state index in [1.54, 1.807) is 9.80 Å². The molecule has 1 fully saturated rings. The van der Waals surface area contributed by atoms with Crippen LogP contribution in [-0.2, 0) is 4.79 Å². The van der Waals surface area contributed by atoms with Crippen LogP contribution in [0, 0.1) is 11.3 Å². The highest BCUT2D eigenvalue weighted by atomic mass is 16.4. The van der Waals surface area contributed by atoms with E-state index in [0.29, 0.717) is 19.5 Å². The van der Waals surface area contributed by atoms with Crippen molar-refractivity contribution in [2.75, 3.05) is 13.1 Å².